The summed E-state index contributed by atoms with van der Waals surface area (Å²) in [6, 6.07) is 5.00. The Balaban J connectivity index is 2.19. The number of aromatic nitrogens is 2. The minimum atomic E-state index is -1.09. The Morgan fingerprint density at radius 1 is 1.45 bits per heavy atom. The van der Waals surface area contributed by atoms with Crippen molar-refractivity contribution >= 4 is 17.5 Å². The lowest BCUT2D eigenvalue weighted by Gasteiger charge is -2.01. The second kappa shape index (κ2) is 5.99. The van der Waals surface area contributed by atoms with Crippen LogP contribution in [-0.2, 0) is 11.9 Å². The molecule has 0 radical (unpaired) electrons. The lowest BCUT2D eigenvalue weighted by atomic mass is 10.2. The van der Waals surface area contributed by atoms with Gasteiger partial charge in [0.25, 0.3) is 0 Å². The topological polar surface area (TPSA) is 126 Å². The molecule has 0 aliphatic carbocycles. The Morgan fingerprint density at radius 3 is 2.68 bits per heavy atom. The van der Waals surface area contributed by atoms with E-state index in [0.717, 1.165) is 23.0 Å². The van der Waals surface area contributed by atoms with Crippen LogP contribution in [0.15, 0.2) is 35.6 Å². The summed E-state index contributed by atoms with van der Waals surface area (Å²) in [6.07, 6.45) is 0.920. The summed E-state index contributed by atoms with van der Waals surface area (Å²) < 4.78 is 13.8. The molecule has 9 nitrogen and oxygen atoms in total. The molecule has 0 aliphatic heterocycles. The molecule has 0 spiro atoms. The molecule has 0 unspecified atom stereocenters. The number of carbonyl (C=O) groups excluding carboxylic acids is 1. The predicted octanol–water partition coefficient (Wildman–Crippen LogP) is 0.945. The smallest absolute Gasteiger partial charge is 0.380 e. The van der Waals surface area contributed by atoms with Crippen LogP contribution in [-0.4, -0.2) is 26.5 Å². The zero-order valence-corrected chi connectivity index (χ0v) is 11.3. The Labute approximate surface area is 122 Å². The zero-order chi connectivity index (χ0) is 16.3. The second-order valence-electron chi connectivity index (χ2n) is 4.12. The number of nitro groups is 1. The van der Waals surface area contributed by atoms with E-state index < -0.39 is 22.4 Å². The Bertz CT molecular complexity index is 753. The summed E-state index contributed by atoms with van der Waals surface area (Å²) in [6.45, 7) is 0. The van der Waals surface area contributed by atoms with Crippen LogP contribution in [0.5, 0.6) is 0 Å². The molecule has 1 heterocycles. The van der Waals surface area contributed by atoms with Crippen LogP contribution in [0.4, 0.5) is 10.1 Å². The summed E-state index contributed by atoms with van der Waals surface area (Å²) >= 11 is 0. The molecule has 0 atom stereocenters. The van der Waals surface area contributed by atoms with Crippen LogP contribution in [0.2, 0.25) is 0 Å². The first-order chi connectivity index (χ1) is 10.4. The predicted molar refractivity (Wildman–Crippen MR) is 72.4 cm³/mol. The normalized spacial score (nSPS) is 11.3. The number of halogens is 1. The van der Waals surface area contributed by atoms with Crippen LogP contribution in [0.1, 0.15) is 16.1 Å². The summed E-state index contributed by atoms with van der Waals surface area (Å²) in [4.78, 5) is 26.4. The largest absolute Gasteiger partial charge is 0.390 e. The molecule has 2 N–H and O–H groups in total. The SMILES string of the molecule is Cn1ncc([N+](=O)[O-])c1C(=O)O/N=C(\N)c1ccc(F)cc1. The van der Waals surface area contributed by atoms with Crippen LogP contribution in [0, 0.1) is 15.9 Å². The fraction of sp³-hybridized carbons (Fsp3) is 0.0833. The van der Waals surface area contributed by atoms with E-state index in [1.165, 1.54) is 19.2 Å². The standard InChI is InChI=1S/C12H10FN5O4/c1-17-10(9(6-15-17)18(20)21)12(19)22-16-11(14)7-2-4-8(13)5-3-7/h2-6H,1H3,(H2,14,16). The number of hydrogen-bond donors (Lipinski definition) is 1. The molecule has 2 rings (SSSR count). The molecule has 22 heavy (non-hydrogen) atoms. The van der Waals surface area contributed by atoms with Crippen LogP contribution in [0.3, 0.4) is 0 Å². The van der Waals surface area contributed by atoms with Crippen molar-refractivity contribution in [1.29, 1.82) is 0 Å². The van der Waals surface area contributed by atoms with E-state index in [4.69, 9.17) is 5.73 Å². The average Bonchev–Trinajstić information content (AvgIpc) is 2.87. The van der Waals surface area contributed by atoms with Crippen molar-refractivity contribution in [3.8, 4) is 0 Å². The van der Waals surface area contributed by atoms with Gasteiger partial charge in [0.1, 0.15) is 12.0 Å². The Morgan fingerprint density at radius 2 is 2.09 bits per heavy atom. The van der Waals surface area contributed by atoms with Crippen molar-refractivity contribution in [1.82, 2.24) is 9.78 Å². The van der Waals surface area contributed by atoms with E-state index in [1.54, 1.807) is 0 Å². The quantitative estimate of drug-likeness (QED) is 0.294. The third kappa shape index (κ3) is 3.06. The number of aryl methyl sites for hydroxylation is 1. The van der Waals surface area contributed by atoms with Gasteiger partial charge < -0.3 is 10.6 Å². The van der Waals surface area contributed by atoms with Gasteiger partial charge in [0.2, 0.25) is 5.69 Å². The highest BCUT2D eigenvalue weighted by Crippen LogP contribution is 2.17. The van der Waals surface area contributed by atoms with Gasteiger partial charge in [0.15, 0.2) is 5.84 Å². The third-order valence-electron chi connectivity index (χ3n) is 2.68. The molecule has 0 aliphatic rings. The van der Waals surface area contributed by atoms with Crippen LogP contribution >= 0.6 is 0 Å². The first-order valence-corrected chi connectivity index (χ1v) is 5.87. The number of nitrogens with zero attached hydrogens (tertiary/aromatic N) is 4. The molecular formula is C12H10FN5O4. The minimum Gasteiger partial charge on any atom is -0.380 e. The lowest BCUT2D eigenvalue weighted by Crippen LogP contribution is -2.16. The van der Waals surface area contributed by atoms with Gasteiger partial charge in [-0.15, -0.1) is 0 Å². The molecule has 114 valence electrons. The first-order valence-electron chi connectivity index (χ1n) is 5.87. The third-order valence-corrected chi connectivity index (χ3v) is 2.68. The molecule has 2 aromatic rings. The van der Waals surface area contributed by atoms with Crippen molar-refractivity contribution in [2.24, 2.45) is 17.9 Å². The van der Waals surface area contributed by atoms with Crippen molar-refractivity contribution < 1.29 is 18.9 Å². The van der Waals surface area contributed by atoms with Gasteiger partial charge in [-0.2, -0.15) is 5.10 Å². The lowest BCUT2D eigenvalue weighted by molar-refractivity contribution is -0.385. The minimum absolute atomic E-state index is 0.182. The van der Waals surface area contributed by atoms with Gasteiger partial charge in [-0.1, -0.05) is 5.16 Å². The van der Waals surface area contributed by atoms with Gasteiger partial charge in [-0.05, 0) is 24.3 Å². The first kappa shape index (κ1) is 15.1. The highest BCUT2D eigenvalue weighted by atomic mass is 19.1. The fourth-order valence-electron chi connectivity index (χ4n) is 1.60. The molecule has 0 amide bonds. The summed E-state index contributed by atoms with van der Waals surface area (Å²) in [7, 11) is 1.34. The maximum atomic E-state index is 12.8. The van der Waals surface area contributed by atoms with Gasteiger partial charge in [0.05, 0.1) is 4.92 Å². The number of carbonyl (C=O) groups is 1. The van der Waals surface area contributed by atoms with E-state index in [-0.39, 0.29) is 11.5 Å². The number of amidine groups is 1. The maximum Gasteiger partial charge on any atom is 0.390 e. The van der Waals surface area contributed by atoms with Crippen molar-refractivity contribution in [3.63, 3.8) is 0 Å². The molecular weight excluding hydrogens is 297 g/mol. The molecule has 1 aromatic carbocycles. The van der Waals surface area contributed by atoms with Crippen LogP contribution in [0.25, 0.3) is 0 Å². The van der Waals surface area contributed by atoms with Crippen molar-refractivity contribution in [2.75, 3.05) is 0 Å². The molecule has 1 aromatic heterocycles. The summed E-state index contributed by atoms with van der Waals surface area (Å²) in [5, 5.41) is 17.8. The van der Waals surface area contributed by atoms with Gasteiger partial charge in [0, 0.05) is 12.6 Å². The van der Waals surface area contributed by atoms with E-state index in [1.807, 2.05) is 0 Å². The number of rotatable bonds is 4. The molecule has 0 saturated carbocycles. The Hall–Kier alpha value is -3.30. The van der Waals surface area contributed by atoms with Gasteiger partial charge in [-0.25, -0.2) is 9.18 Å². The highest BCUT2D eigenvalue weighted by Gasteiger charge is 2.27. The van der Waals surface area contributed by atoms with Gasteiger partial charge in [-0.3, -0.25) is 14.8 Å². The van der Waals surface area contributed by atoms with E-state index >= 15 is 0 Å². The maximum absolute atomic E-state index is 12.8. The highest BCUT2D eigenvalue weighted by molar-refractivity contribution is 5.98. The molecule has 0 bridgehead atoms. The molecule has 10 heteroatoms. The van der Waals surface area contributed by atoms with Crippen LogP contribution < -0.4 is 5.73 Å². The van der Waals surface area contributed by atoms with E-state index in [9.17, 15) is 19.3 Å². The Kier molecular flexibility index (Phi) is 4.11. The van der Waals surface area contributed by atoms with Gasteiger partial charge >= 0.3 is 11.7 Å². The van der Waals surface area contributed by atoms with E-state index in [2.05, 4.69) is 15.1 Å². The summed E-state index contributed by atoms with van der Waals surface area (Å²) in [5.41, 5.74) is 5.02. The fourth-order valence-corrected chi connectivity index (χ4v) is 1.60. The molecule has 0 fully saturated rings. The number of hydrogen-bond acceptors (Lipinski definition) is 6. The average molecular weight is 307 g/mol. The number of oxime groups is 1. The zero-order valence-electron chi connectivity index (χ0n) is 11.3. The van der Waals surface area contributed by atoms with Crippen molar-refractivity contribution in [2.45, 2.75) is 0 Å². The van der Waals surface area contributed by atoms with E-state index in [0.29, 0.717) is 5.56 Å². The molecule has 0 saturated heterocycles. The van der Waals surface area contributed by atoms with Crippen molar-refractivity contribution in [3.05, 3.63) is 57.7 Å². The second-order valence-corrected chi connectivity index (χ2v) is 4.12. The summed E-state index contributed by atoms with van der Waals surface area (Å²) in [5.74, 6) is -1.73. The number of benzene rings is 1. The monoisotopic (exact) mass is 307 g/mol. The number of nitrogens with two attached hydrogens (primary N) is 1.